The van der Waals surface area contributed by atoms with Crippen LogP contribution in [0.2, 0.25) is 0 Å². The highest BCUT2D eigenvalue weighted by atomic mass is 16.3. The molecule has 0 aliphatic rings. The van der Waals surface area contributed by atoms with Gasteiger partial charge < -0.3 is 31.4 Å². The number of rotatable bonds is 17. The van der Waals surface area contributed by atoms with Crippen LogP contribution in [0.15, 0.2) is 30.5 Å². The minimum absolute atomic E-state index is 0.0852. The molecule has 11 heteroatoms. The summed E-state index contributed by atoms with van der Waals surface area (Å²) in [6, 6.07) is 6.45. The highest BCUT2D eigenvalue weighted by Gasteiger charge is 2.31. The largest absolute Gasteiger partial charge is 0.483 e. The number of carbonyl (C=O) groups is 5. The summed E-state index contributed by atoms with van der Waals surface area (Å²) in [5, 5.41) is 19.3. The van der Waals surface area contributed by atoms with E-state index < -0.39 is 12.1 Å². The van der Waals surface area contributed by atoms with E-state index in [9.17, 15) is 19.2 Å². The normalized spacial score (nSPS) is 11.7. The summed E-state index contributed by atoms with van der Waals surface area (Å²) in [5.74, 6) is -0.478. The third-order valence-corrected chi connectivity index (χ3v) is 6.77. The van der Waals surface area contributed by atoms with Crippen LogP contribution in [0, 0.1) is 17.8 Å². The molecular weight excluding hydrogens is 610 g/mol. The quantitative estimate of drug-likeness (QED) is 0.0858. The first-order chi connectivity index (χ1) is 23.0. The van der Waals surface area contributed by atoms with Gasteiger partial charge in [-0.2, -0.15) is 0 Å². The number of para-hydroxylation sites is 1. The molecule has 3 unspecified atom stereocenters. The molecule has 2 rings (SSSR count). The number of aromatic amines is 1. The van der Waals surface area contributed by atoms with Gasteiger partial charge in [0.2, 0.25) is 24.1 Å². The second-order valence-electron chi connectivity index (χ2n) is 11.4. The molecule has 6 N–H and O–H groups in total. The van der Waals surface area contributed by atoms with E-state index >= 15 is 0 Å². The van der Waals surface area contributed by atoms with Gasteiger partial charge in [-0.25, -0.2) is 0 Å². The minimum atomic E-state index is -0.742. The molecule has 48 heavy (non-hydrogen) atoms. The summed E-state index contributed by atoms with van der Waals surface area (Å²) in [6.07, 6.45) is 7.26. The second kappa shape index (κ2) is 31.7. The Hall–Kier alpha value is -3.89. The van der Waals surface area contributed by atoms with Crippen LogP contribution in [0.5, 0.6) is 0 Å². The van der Waals surface area contributed by atoms with Gasteiger partial charge in [0.25, 0.3) is 6.47 Å². The Labute approximate surface area is 290 Å². The van der Waals surface area contributed by atoms with Crippen molar-refractivity contribution in [2.24, 2.45) is 17.8 Å². The fourth-order valence-electron chi connectivity index (χ4n) is 4.65. The van der Waals surface area contributed by atoms with Crippen molar-refractivity contribution in [1.82, 2.24) is 26.3 Å². The SMILES string of the molecule is CC.CC.CCCNC(=O)C(Cc1c[nH]c2ccccc12)NC(=O)C(NC(=O)C(CCC)CC(C)C)C(C)C.CCCNC=O.O=CO. The number of aromatic nitrogens is 1. The van der Waals surface area contributed by atoms with Crippen molar-refractivity contribution < 1.29 is 29.1 Å². The number of fused-ring (bicyclic) bond motifs is 1. The number of carbonyl (C=O) groups excluding carboxylic acids is 4. The molecule has 0 bridgehead atoms. The third kappa shape index (κ3) is 21.1. The molecule has 0 fully saturated rings. The zero-order chi connectivity index (χ0) is 37.5. The van der Waals surface area contributed by atoms with Crippen molar-refractivity contribution in [3.63, 3.8) is 0 Å². The summed E-state index contributed by atoms with van der Waals surface area (Å²) in [6.45, 7) is 23.2. The van der Waals surface area contributed by atoms with E-state index in [1.54, 1.807) is 0 Å². The molecule has 1 aromatic heterocycles. The van der Waals surface area contributed by atoms with Gasteiger partial charge in [0.05, 0.1) is 0 Å². The van der Waals surface area contributed by atoms with Gasteiger partial charge in [0.15, 0.2) is 0 Å². The fourth-order valence-corrected chi connectivity index (χ4v) is 4.65. The molecule has 0 radical (unpaired) electrons. The third-order valence-electron chi connectivity index (χ3n) is 6.77. The summed E-state index contributed by atoms with van der Waals surface area (Å²) in [4.78, 5) is 60.5. The maximum atomic E-state index is 13.4. The van der Waals surface area contributed by atoms with Crippen molar-refractivity contribution >= 4 is 41.5 Å². The molecule has 1 aromatic carbocycles. The lowest BCUT2D eigenvalue weighted by Crippen LogP contribution is -2.56. The van der Waals surface area contributed by atoms with E-state index in [0.29, 0.717) is 25.3 Å². The van der Waals surface area contributed by atoms with Gasteiger partial charge in [-0.15, -0.1) is 0 Å². The molecule has 4 amide bonds. The Kier molecular flexibility index (Phi) is 32.0. The highest BCUT2D eigenvalue weighted by molar-refractivity contribution is 5.93. The average molecular weight is 678 g/mol. The Morgan fingerprint density at radius 3 is 1.90 bits per heavy atom. The number of nitrogens with one attached hydrogen (secondary N) is 5. The van der Waals surface area contributed by atoms with E-state index in [1.807, 2.05) is 85.9 Å². The predicted molar refractivity (Wildman–Crippen MR) is 198 cm³/mol. The van der Waals surface area contributed by atoms with Crippen LogP contribution in [-0.4, -0.2) is 65.9 Å². The van der Waals surface area contributed by atoms with Crippen LogP contribution in [0.1, 0.15) is 114 Å². The second-order valence-corrected chi connectivity index (χ2v) is 11.4. The van der Waals surface area contributed by atoms with Crippen molar-refractivity contribution in [3.8, 4) is 0 Å². The number of hydrogen-bond donors (Lipinski definition) is 6. The lowest BCUT2D eigenvalue weighted by Gasteiger charge is -2.27. The minimum Gasteiger partial charge on any atom is -0.483 e. The molecule has 0 saturated carbocycles. The van der Waals surface area contributed by atoms with Gasteiger partial charge in [0.1, 0.15) is 12.1 Å². The molecule has 11 nitrogen and oxygen atoms in total. The van der Waals surface area contributed by atoms with Crippen molar-refractivity contribution in [2.45, 2.75) is 127 Å². The monoisotopic (exact) mass is 678 g/mol. The number of amides is 4. The zero-order valence-corrected chi connectivity index (χ0v) is 31.6. The molecule has 1 heterocycles. The lowest BCUT2D eigenvalue weighted by atomic mass is 9.91. The maximum absolute atomic E-state index is 13.4. The van der Waals surface area contributed by atoms with Gasteiger partial charge >= 0.3 is 0 Å². The van der Waals surface area contributed by atoms with Crippen LogP contribution >= 0.6 is 0 Å². The Bertz CT molecular complexity index is 1120. The van der Waals surface area contributed by atoms with Crippen LogP contribution in [0.4, 0.5) is 0 Å². The summed E-state index contributed by atoms with van der Waals surface area (Å²) >= 11 is 0. The summed E-state index contributed by atoms with van der Waals surface area (Å²) < 4.78 is 0. The van der Waals surface area contributed by atoms with Gasteiger partial charge in [-0.1, -0.05) is 101 Å². The molecule has 2 aromatic rings. The molecule has 0 aliphatic carbocycles. The fraction of sp³-hybridized carbons (Fsp3) is 0.649. The van der Waals surface area contributed by atoms with Crippen LogP contribution < -0.4 is 21.3 Å². The summed E-state index contributed by atoms with van der Waals surface area (Å²) in [7, 11) is 0. The van der Waals surface area contributed by atoms with Crippen molar-refractivity contribution in [3.05, 3.63) is 36.0 Å². The first-order valence-corrected chi connectivity index (χ1v) is 17.7. The van der Waals surface area contributed by atoms with Crippen molar-refractivity contribution in [1.29, 1.82) is 0 Å². The summed E-state index contributed by atoms with van der Waals surface area (Å²) in [5.41, 5.74) is 1.95. The first-order valence-electron chi connectivity index (χ1n) is 17.7. The van der Waals surface area contributed by atoms with E-state index in [2.05, 4.69) is 47.0 Å². The average Bonchev–Trinajstić information content (AvgIpc) is 3.49. The van der Waals surface area contributed by atoms with Crippen LogP contribution in [0.25, 0.3) is 10.9 Å². The molecule has 0 aliphatic heterocycles. The molecule has 0 saturated heterocycles. The highest BCUT2D eigenvalue weighted by Crippen LogP contribution is 2.20. The Morgan fingerprint density at radius 2 is 1.42 bits per heavy atom. The van der Waals surface area contributed by atoms with E-state index in [0.717, 1.165) is 55.1 Å². The standard InChI is InChI=1S/C28H44N4O3.C4H9NO.2C2H6.CH2O2/c1-7-11-20(15-18(3)4)26(33)32-25(19(5)6)28(35)31-24(27(34)29-14-8-2)16-21-17-30-23-13-10-9-12-22(21)23;1-2-3-5-4-6;2*1-2;2-1-3/h9-10,12-13,17-20,24-25,30H,7-8,11,14-16H2,1-6H3,(H,29,34)(H,31,35)(H,32,33);4H,2-3H2,1H3,(H,5,6);2*1-2H3;1H,(H,2,3). The lowest BCUT2D eigenvalue weighted by molar-refractivity contribution is -0.134. The van der Waals surface area contributed by atoms with E-state index in [1.165, 1.54) is 0 Å². The number of benzene rings is 1. The first kappa shape index (κ1) is 48.5. The smallest absolute Gasteiger partial charge is 0.290 e. The molecule has 0 spiro atoms. The van der Waals surface area contributed by atoms with Crippen LogP contribution in [0.3, 0.4) is 0 Å². The Balaban J connectivity index is -0.00000134. The van der Waals surface area contributed by atoms with Gasteiger partial charge in [-0.05, 0) is 49.1 Å². The van der Waals surface area contributed by atoms with Gasteiger partial charge in [0, 0.05) is 42.5 Å². The van der Waals surface area contributed by atoms with E-state index in [4.69, 9.17) is 9.90 Å². The van der Waals surface area contributed by atoms with Gasteiger partial charge in [-0.3, -0.25) is 24.0 Å². The zero-order valence-electron chi connectivity index (χ0n) is 31.6. The molecule has 3 atom stereocenters. The Morgan fingerprint density at radius 1 is 0.833 bits per heavy atom. The van der Waals surface area contributed by atoms with Crippen LogP contribution in [-0.2, 0) is 30.4 Å². The predicted octanol–water partition coefficient (Wildman–Crippen LogP) is 6.22. The van der Waals surface area contributed by atoms with Crippen molar-refractivity contribution in [2.75, 3.05) is 13.1 Å². The number of H-pyrrole nitrogens is 1. The molecule has 276 valence electrons. The van der Waals surface area contributed by atoms with E-state index in [-0.39, 0.29) is 36.0 Å². The number of carboxylic acid groups (broad SMARTS) is 1. The number of hydrogen-bond acceptors (Lipinski definition) is 5. The maximum Gasteiger partial charge on any atom is 0.290 e. The topological polar surface area (TPSA) is 169 Å². The molecular formula is C37H67N5O6.